The van der Waals surface area contributed by atoms with Crippen LogP contribution >= 0.6 is 31.9 Å². The molecular formula is C32H18Br2N2O4. The molecule has 7 rings (SSSR count). The number of fused-ring (bicyclic) bond motifs is 4. The minimum Gasteiger partial charge on any atom is -0.270 e. The van der Waals surface area contributed by atoms with Crippen molar-refractivity contribution in [2.45, 2.75) is 13.1 Å². The summed E-state index contributed by atoms with van der Waals surface area (Å²) in [6.45, 7) is 0.370. The highest BCUT2D eigenvalue weighted by Crippen LogP contribution is 2.41. The van der Waals surface area contributed by atoms with E-state index in [1.807, 2.05) is 60.7 Å². The quantitative estimate of drug-likeness (QED) is 0.224. The Hall–Kier alpha value is -4.14. The second-order valence-electron chi connectivity index (χ2n) is 9.88. The Morgan fingerprint density at radius 1 is 0.425 bits per heavy atom. The minimum absolute atomic E-state index is 0.185. The van der Waals surface area contributed by atoms with Crippen LogP contribution in [0.1, 0.15) is 11.1 Å². The van der Waals surface area contributed by atoms with Crippen LogP contribution in [-0.2, 0) is 13.1 Å². The summed E-state index contributed by atoms with van der Waals surface area (Å²) in [6.07, 6.45) is 0. The molecule has 40 heavy (non-hydrogen) atoms. The Morgan fingerprint density at radius 2 is 0.700 bits per heavy atom. The van der Waals surface area contributed by atoms with Gasteiger partial charge in [0.05, 0.1) is 34.6 Å². The number of aromatic nitrogens is 2. The molecule has 0 saturated carbocycles. The van der Waals surface area contributed by atoms with Gasteiger partial charge in [-0.05, 0) is 88.8 Å². The van der Waals surface area contributed by atoms with Gasteiger partial charge >= 0.3 is 0 Å². The maximum Gasteiger partial charge on any atom is 0.261 e. The molecule has 0 spiro atoms. The number of halogens is 2. The van der Waals surface area contributed by atoms with Gasteiger partial charge in [0.25, 0.3) is 22.2 Å². The maximum absolute atomic E-state index is 13.3. The van der Waals surface area contributed by atoms with Gasteiger partial charge in [0.15, 0.2) is 0 Å². The van der Waals surface area contributed by atoms with E-state index in [4.69, 9.17) is 0 Å². The normalized spacial score (nSPS) is 11.8. The highest BCUT2D eigenvalue weighted by atomic mass is 79.9. The van der Waals surface area contributed by atoms with Crippen molar-refractivity contribution >= 4 is 74.9 Å². The third-order valence-corrected chi connectivity index (χ3v) is 9.24. The Bertz CT molecular complexity index is 2080. The van der Waals surface area contributed by atoms with E-state index in [-0.39, 0.29) is 35.3 Å². The lowest BCUT2D eigenvalue weighted by Gasteiger charge is -2.10. The van der Waals surface area contributed by atoms with Crippen molar-refractivity contribution in [2.24, 2.45) is 0 Å². The molecule has 0 unspecified atom stereocenters. The first kappa shape index (κ1) is 24.9. The smallest absolute Gasteiger partial charge is 0.261 e. The first-order valence-corrected chi connectivity index (χ1v) is 14.1. The lowest BCUT2D eigenvalue weighted by molar-refractivity contribution is 0.755. The average Bonchev–Trinajstić information content (AvgIpc) is 3.35. The molecule has 0 fully saturated rings. The predicted molar refractivity (Wildman–Crippen MR) is 166 cm³/mol. The van der Waals surface area contributed by atoms with Crippen LogP contribution in [0, 0.1) is 0 Å². The Kier molecular flexibility index (Phi) is 5.73. The van der Waals surface area contributed by atoms with Gasteiger partial charge in [-0.1, -0.05) is 60.7 Å². The van der Waals surface area contributed by atoms with E-state index in [0.717, 1.165) is 32.7 Å². The Balaban J connectivity index is 1.48. The average molecular weight is 654 g/mol. The molecule has 6 nitrogen and oxygen atoms in total. The first-order chi connectivity index (χ1) is 19.3. The summed E-state index contributed by atoms with van der Waals surface area (Å²) in [6, 6.07) is 25.7. The zero-order chi connectivity index (χ0) is 27.7. The number of rotatable bonds is 4. The fourth-order valence-electron chi connectivity index (χ4n) is 5.51. The second kappa shape index (κ2) is 9.21. The van der Waals surface area contributed by atoms with Crippen LogP contribution in [0.2, 0.25) is 0 Å². The van der Waals surface area contributed by atoms with Crippen LogP contribution in [0.4, 0.5) is 0 Å². The van der Waals surface area contributed by atoms with Crippen LogP contribution in [-0.4, -0.2) is 9.13 Å². The summed E-state index contributed by atoms with van der Waals surface area (Å²) < 4.78 is 3.87. The van der Waals surface area contributed by atoms with Crippen LogP contribution in [0.15, 0.2) is 113 Å². The van der Waals surface area contributed by atoms with Gasteiger partial charge in [-0.2, -0.15) is 0 Å². The molecular weight excluding hydrogens is 636 g/mol. The fourth-order valence-corrected chi connectivity index (χ4v) is 6.82. The molecule has 0 bridgehead atoms. The van der Waals surface area contributed by atoms with Gasteiger partial charge in [-0.25, -0.2) is 0 Å². The van der Waals surface area contributed by atoms with Crippen molar-refractivity contribution < 1.29 is 0 Å². The van der Waals surface area contributed by atoms with Crippen molar-refractivity contribution in [3.8, 4) is 0 Å². The predicted octanol–water partition coefficient (Wildman–Crippen LogP) is 5.84. The van der Waals surface area contributed by atoms with E-state index >= 15 is 0 Å². The fraction of sp³-hybridized carbons (Fsp3) is 0.0625. The van der Waals surface area contributed by atoms with Gasteiger partial charge in [0.2, 0.25) is 0 Å². The summed E-state index contributed by atoms with van der Waals surface area (Å²) in [5.74, 6) is 0. The largest absolute Gasteiger partial charge is 0.270 e. The third kappa shape index (κ3) is 3.67. The molecule has 194 valence electrons. The standard InChI is InChI=1S/C32H18Br2N2O4/c33-27-19-11-23-24(30(38)35(29(23)37)15-17-7-3-1-4-8-17)12-20(19)28(34)22-14-26-25(13-21(22)27)31(39)36(32(26)40)16-18-9-5-2-6-10-18/h1-14H,15-16H2. The van der Waals surface area contributed by atoms with Gasteiger partial charge < -0.3 is 0 Å². The summed E-state index contributed by atoms with van der Waals surface area (Å²) in [5.41, 5.74) is 0.334. The molecule has 0 amide bonds. The van der Waals surface area contributed by atoms with Crippen LogP contribution in [0.25, 0.3) is 43.1 Å². The number of hydrogen-bond acceptors (Lipinski definition) is 4. The number of nitrogens with zero attached hydrogens (tertiary/aromatic N) is 2. The summed E-state index contributed by atoms with van der Waals surface area (Å²) in [5, 5.41) is 4.22. The summed E-state index contributed by atoms with van der Waals surface area (Å²) >= 11 is 7.40. The third-order valence-electron chi connectivity index (χ3n) is 7.53. The monoisotopic (exact) mass is 652 g/mol. The van der Waals surface area contributed by atoms with Crippen molar-refractivity contribution in [3.05, 3.63) is 146 Å². The van der Waals surface area contributed by atoms with Crippen molar-refractivity contribution in [2.75, 3.05) is 0 Å². The lowest BCUT2D eigenvalue weighted by Crippen LogP contribution is -2.25. The van der Waals surface area contributed by atoms with Crippen LogP contribution < -0.4 is 22.2 Å². The molecule has 0 saturated heterocycles. The molecule has 8 heteroatoms. The molecule has 0 atom stereocenters. The van der Waals surface area contributed by atoms with Gasteiger partial charge in [0, 0.05) is 8.95 Å². The maximum atomic E-state index is 13.3. The molecule has 0 radical (unpaired) electrons. The van der Waals surface area contributed by atoms with E-state index in [1.165, 1.54) is 9.13 Å². The zero-order valence-electron chi connectivity index (χ0n) is 20.8. The van der Waals surface area contributed by atoms with Gasteiger partial charge in [-0.3, -0.25) is 28.3 Å². The van der Waals surface area contributed by atoms with E-state index < -0.39 is 0 Å². The molecule has 0 aliphatic rings. The van der Waals surface area contributed by atoms with Crippen LogP contribution in [0.5, 0.6) is 0 Å². The van der Waals surface area contributed by atoms with Crippen molar-refractivity contribution in [1.29, 1.82) is 0 Å². The second-order valence-corrected chi connectivity index (χ2v) is 11.5. The molecule has 7 aromatic rings. The molecule has 0 aliphatic carbocycles. The molecule has 2 aromatic heterocycles. The van der Waals surface area contributed by atoms with E-state index in [1.54, 1.807) is 24.3 Å². The Morgan fingerprint density at radius 3 is 0.975 bits per heavy atom. The summed E-state index contributed by atoms with van der Waals surface area (Å²) in [4.78, 5) is 53.3. The van der Waals surface area contributed by atoms with Crippen molar-refractivity contribution in [1.82, 2.24) is 9.13 Å². The van der Waals surface area contributed by atoms with Gasteiger partial charge in [0.1, 0.15) is 0 Å². The zero-order valence-corrected chi connectivity index (χ0v) is 24.0. The number of benzene rings is 5. The van der Waals surface area contributed by atoms with Crippen LogP contribution in [0.3, 0.4) is 0 Å². The topological polar surface area (TPSA) is 78.1 Å². The Labute approximate surface area is 242 Å². The SMILES string of the molecule is O=c1c2cc3c(Br)c4cc5c(=O)n(Cc6ccccc6)c(=O)c5cc4c(Br)c3cc2c(=O)n1Cc1ccccc1. The molecule has 0 aliphatic heterocycles. The molecule has 2 heterocycles. The highest BCUT2D eigenvalue weighted by molar-refractivity contribution is 9.11. The number of hydrogen-bond donors (Lipinski definition) is 0. The van der Waals surface area contributed by atoms with Crippen molar-refractivity contribution in [3.63, 3.8) is 0 Å². The van der Waals surface area contributed by atoms with E-state index in [9.17, 15) is 19.2 Å². The highest BCUT2D eigenvalue weighted by Gasteiger charge is 2.21. The summed E-state index contributed by atoms with van der Waals surface area (Å²) in [7, 11) is 0. The van der Waals surface area contributed by atoms with E-state index in [2.05, 4.69) is 31.9 Å². The molecule has 5 aromatic carbocycles. The minimum atomic E-state index is -0.347. The van der Waals surface area contributed by atoms with Gasteiger partial charge in [-0.15, -0.1) is 0 Å². The molecule has 0 N–H and O–H groups in total. The lowest BCUT2D eigenvalue weighted by atomic mass is 9.99. The van der Waals surface area contributed by atoms with E-state index in [0.29, 0.717) is 30.5 Å². The first-order valence-electron chi connectivity index (χ1n) is 12.6.